The first-order valence-corrected chi connectivity index (χ1v) is 9.89. The van der Waals surface area contributed by atoms with Gasteiger partial charge in [-0.3, -0.25) is 10.1 Å². The summed E-state index contributed by atoms with van der Waals surface area (Å²) >= 11 is 7.38. The number of benzene rings is 2. The molecule has 2 aromatic carbocycles. The molecule has 3 rings (SSSR count). The Morgan fingerprint density at radius 1 is 1.04 bits per heavy atom. The SMILES string of the molecule is Cc1ccc(NC(=O)CCc2csc(NC(=O)Nc3ccccc3)n2)cc1Cl. The molecule has 0 saturated carbocycles. The summed E-state index contributed by atoms with van der Waals surface area (Å²) in [6.45, 7) is 1.90. The Bertz CT molecular complexity index is 975. The lowest BCUT2D eigenvalue weighted by molar-refractivity contribution is -0.116. The molecular formula is C20H19ClN4O2S. The molecule has 8 heteroatoms. The molecule has 3 amide bonds. The quantitative estimate of drug-likeness (QED) is 0.510. The van der Waals surface area contributed by atoms with Gasteiger partial charge in [-0.2, -0.15) is 0 Å². The topological polar surface area (TPSA) is 83.1 Å². The molecule has 3 N–H and O–H groups in total. The summed E-state index contributed by atoms with van der Waals surface area (Å²) in [6.07, 6.45) is 0.759. The molecular weight excluding hydrogens is 396 g/mol. The first kappa shape index (κ1) is 19.9. The summed E-state index contributed by atoms with van der Waals surface area (Å²) in [4.78, 5) is 28.4. The van der Waals surface area contributed by atoms with Crippen molar-refractivity contribution in [1.82, 2.24) is 4.98 Å². The van der Waals surface area contributed by atoms with E-state index in [1.165, 1.54) is 11.3 Å². The molecule has 0 spiro atoms. The Hall–Kier alpha value is -2.90. The van der Waals surface area contributed by atoms with Crippen LogP contribution in [-0.2, 0) is 11.2 Å². The second-order valence-electron chi connectivity index (χ2n) is 6.10. The number of nitrogens with zero attached hydrogens (tertiary/aromatic N) is 1. The highest BCUT2D eigenvalue weighted by atomic mass is 35.5. The molecule has 28 heavy (non-hydrogen) atoms. The molecule has 6 nitrogen and oxygen atoms in total. The van der Waals surface area contributed by atoms with E-state index in [-0.39, 0.29) is 18.4 Å². The van der Waals surface area contributed by atoms with Gasteiger partial charge in [0.25, 0.3) is 0 Å². The average Bonchev–Trinajstić information content (AvgIpc) is 3.11. The maximum absolute atomic E-state index is 12.1. The third kappa shape index (κ3) is 5.80. The molecule has 0 fully saturated rings. The van der Waals surface area contributed by atoms with Gasteiger partial charge in [0.2, 0.25) is 5.91 Å². The summed E-state index contributed by atoms with van der Waals surface area (Å²) in [6, 6.07) is 14.2. The predicted molar refractivity (Wildman–Crippen MR) is 114 cm³/mol. The van der Waals surface area contributed by atoms with Crippen molar-refractivity contribution < 1.29 is 9.59 Å². The molecule has 1 heterocycles. The van der Waals surface area contributed by atoms with Gasteiger partial charge in [0.05, 0.1) is 5.69 Å². The lowest BCUT2D eigenvalue weighted by Crippen LogP contribution is -2.19. The van der Waals surface area contributed by atoms with Crippen molar-refractivity contribution in [1.29, 1.82) is 0 Å². The zero-order valence-corrected chi connectivity index (χ0v) is 16.7. The maximum atomic E-state index is 12.1. The number of aromatic nitrogens is 1. The van der Waals surface area contributed by atoms with Gasteiger partial charge in [0.1, 0.15) is 0 Å². The van der Waals surface area contributed by atoms with Crippen LogP contribution < -0.4 is 16.0 Å². The fourth-order valence-corrected chi connectivity index (χ4v) is 3.32. The third-order valence-corrected chi connectivity index (χ3v) is 5.08. The molecule has 144 valence electrons. The highest BCUT2D eigenvalue weighted by Gasteiger charge is 2.09. The van der Waals surface area contributed by atoms with E-state index in [1.54, 1.807) is 18.2 Å². The Morgan fingerprint density at radius 3 is 2.57 bits per heavy atom. The van der Waals surface area contributed by atoms with Crippen LogP contribution in [0.3, 0.4) is 0 Å². The predicted octanol–water partition coefficient (Wildman–Crippen LogP) is 5.32. The monoisotopic (exact) mass is 414 g/mol. The Balaban J connectivity index is 1.46. The van der Waals surface area contributed by atoms with E-state index in [9.17, 15) is 9.59 Å². The molecule has 0 saturated heterocycles. The number of amides is 3. The van der Waals surface area contributed by atoms with Crippen LogP contribution in [0, 0.1) is 6.92 Å². The zero-order chi connectivity index (χ0) is 19.9. The number of anilines is 3. The fourth-order valence-electron chi connectivity index (χ4n) is 2.40. The summed E-state index contributed by atoms with van der Waals surface area (Å²) < 4.78 is 0. The lowest BCUT2D eigenvalue weighted by Gasteiger charge is -2.06. The minimum Gasteiger partial charge on any atom is -0.326 e. The minimum atomic E-state index is -0.360. The van der Waals surface area contributed by atoms with Crippen LogP contribution in [0.2, 0.25) is 5.02 Å². The second-order valence-corrected chi connectivity index (χ2v) is 7.37. The van der Waals surface area contributed by atoms with Crippen LogP contribution in [0.25, 0.3) is 0 Å². The summed E-state index contributed by atoms with van der Waals surface area (Å²) in [5.74, 6) is -0.121. The molecule has 0 aliphatic heterocycles. The van der Waals surface area contributed by atoms with E-state index in [0.29, 0.717) is 27.9 Å². The van der Waals surface area contributed by atoms with Crippen molar-refractivity contribution in [3.63, 3.8) is 0 Å². The molecule has 0 atom stereocenters. The largest absolute Gasteiger partial charge is 0.326 e. The van der Waals surface area contributed by atoms with Gasteiger partial charge in [-0.15, -0.1) is 11.3 Å². The Kier molecular flexibility index (Phi) is 6.62. The number of aryl methyl sites for hydroxylation is 2. The number of halogens is 1. The number of rotatable bonds is 6. The molecule has 0 aliphatic carbocycles. The van der Waals surface area contributed by atoms with Crippen LogP contribution in [-0.4, -0.2) is 16.9 Å². The smallest absolute Gasteiger partial charge is 0.325 e. The van der Waals surface area contributed by atoms with Crippen LogP contribution >= 0.6 is 22.9 Å². The fraction of sp³-hybridized carbons (Fsp3) is 0.150. The van der Waals surface area contributed by atoms with Gasteiger partial charge >= 0.3 is 6.03 Å². The molecule has 0 unspecified atom stereocenters. The number of carbonyl (C=O) groups is 2. The number of hydrogen-bond acceptors (Lipinski definition) is 4. The first-order chi connectivity index (χ1) is 13.5. The third-order valence-electron chi connectivity index (χ3n) is 3.87. The van der Waals surface area contributed by atoms with E-state index >= 15 is 0 Å². The minimum absolute atomic E-state index is 0.121. The summed E-state index contributed by atoms with van der Waals surface area (Å²) in [7, 11) is 0. The van der Waals surface area contributed by atoms with Gasteiger partial charge in [-0.25, -0.2) is 9.78 Å². The van der Waals surface area contributed by atoms with Gasteiger partial charge in [0, 0.05) is 28.2 Å². The molecule has 0 bridgehead atoms. The van der Waals surface area contributed by atoms with Gasteiger partial charge in [-0.1, -0.05) is 35.9 Å². The highest BCUT2D eigenvalue weighted by molar-refractivity contribution is 7.13. The van der Waals surface area contributed by atoms with Crippen molar-refractivity contribution >= 4 is 51.4 Å². The maximum Gasteiger partial charge on any atom is 0.325 e. The molecule has 0 aliphatic rings. The molecule has 3 aromatic rings. The normalized spacial score (nSPS) is 10.4. The Labute approximate surface area is 172 Å². The van der Waals surface area contributed by atoms with E-state index in [1.807, 2.05) is 42.6 Å². The van der Waals surface area contributed by atoms with Crippen LogP contribution in [0.15, 0.2) is 53.9 Å². The van der Waals surface area contributed by atoms with Crippen molar-refractivity contribution in [3.05, 3.63) is 70.2 Å². The highest BCUT2D eigenvalue weighted by Crippen LogP contribution is 2.21. The van der Waals surface area contributed by atoms with E-state index < -0.39 is 0 Å². The molecule has 0 radical (unpaired) electrons. The number of nitrogens with one attached hydrogen (secondary N) is 3. The zero-order valence-electron chi connectivity index (χ0n) is 15.2. The van der Waals surface area contributed by atoms with Gasteiger partial charge in [0.15, 0.2) is 5.13 Å². The summed E-state index contributed by atoms with van der Waals surface area (Å²) in [5, 5.41) is 11.2. The second kappa shape index (κ2) is 9.34. The van der Waals surface area contributed by atoms with E-state index in [0.717, 1.165) is 11.3 Å². The van der Waals surface area contributed by atoms with Crippen LogP contribution in [0.5, 0.6) is 0 Å². The number of thiazole rings is 1. The first-order valence-electron chi connectivity index (χ1n) is 8.63. The average molecular weight is 415 g/mol. The van der Waals surface area contributed by atoms with Crippen molar-refractivity contribution in [2.45, 2.75) is 19.8 Å². The van der Waals surface area contributed by atoms with Crippen molar-refractivity contribution in [2.75, 3.05) is 16.0 Å². The molecule has 1 aromatic heterocycles. The number of para-hydroxylation sites is 1. The number of carbonyl (C=O) groups excluding carboxylic acids is 2. The standard InChI is InChI=1S/C20H19ClN4O2S/c1-13-7-8-15(11-17(13)21)22-18(26)10-9-16-12-28-20(24-16)25-19(27)23-14-5-3-2-4-6-14/h2-8,11-12H,9-10H2,1H3,(H,22,26)(H2,23,24,25,27). The van der Waals surface area contributed by atoms with Crippen LogP contribution in [0.1, 0.15) is 17.7 Å². The Morgan fingerprint density at radius 2 is 1.82 bits per heavy atom. The van der Waals surface area contributed by atoms with Gasteiger partial charge < -0.3 is 10.6 Å². The number of hydrogen-bond donors (Lipinski definition) is 3. The van der Waals surface area contributed by atoms with Crippen molar-refractivity contribution in [2.24, 2.45) is 0 Å². The van der Waals surface area contributed by atoms with E-state index in [2.05, 4.69) is 20.9 Å². The summed E-state index contributed by atoms with van der Waals surface area (Å²) in [5.41, 5.74) is 3.07. The van der Waals surface area contributed by atoms with Crippen LogP contribution in [0.4, 0.5) is 21.3 Å². The van der Waals surface area contributed by atoms with E-state index in [4.69, 9.17) is 11.6 Å². The van der Waals surface area contributed by atoms with Gasteiger partial charge in [-0.05, 0) is 43.2 Å². The number of urea groups is 1. The van der Waals surface area contributed by atoms with Crippen molar-refractivity contribution in [3.8, 4) is 0 Å². The lowest BCUT2D eigenvalue weighted by atomic mass is 10.2.